The fourth-order valence-electron chi connectivity index (χ4n) is 4.87. The lowest BCUT2D eigenvalue weighted by Crippen LogP contribution is -2.40. The molecule has 0 radical (unpaired) electrons. The van der Waals surface area contributed by atoms with Crippen LogP contribution >= 0.6 is 22.9 Å². The fourth-order valence-corrected chi connectivity index (χ4v) is 6.16. The lowest BCUT2D eigenvalue weighted by atomic mass is 9.96. The maximum absolute atomic E-state index is 13.9. The summed E-state index contributed by atoms with van der Waals surface area (Å²) >= 11 is 7.77. The summed E-state index contributed by atoms with van der Waals surface area (Å²) in [6.07, 6.45) is 1.72. The molecule has 1 amide bonds. The number of ether oxygens (including phenoxy) is 3. The van der Waals surface area contributed by atoms with Crippen molar-refractivity contribution in [3.05, 3.63) is 119 Å². The van der Waals surface area contributed by atoms with E-state index in [0.29, 0.717) is 48.4 Å². The molecule has 44 heavy (non-hydrogen) atoms. The Bertz CT molecular complexity index is 1960. The maximum Gasteiger partial charge on any atom is 0.338 e. The van der Waals surface area contributed by atoms with Crippen molar-refractivity contribution >= 4 is 46.6 Å². The zero-order valence-corrected chi connectivity index (χ0v) is 26.1. The molecule has 11 heteroatoms. The third kappa shape index (κ3) is 6.31. The second-order valence-corrected chi connectivity index (χ2v) is 11.3. The van der Waals surface area contributed by atoms with Crippen LogP contribution in [0.5, 0.6) is 11.5 Å². The van der Waals surface area contributed by atoms with E-state index in [-0.39, 0.29) is 30.3 Å². The van der Waals surface area contributed by atoms with Crippen LogP contribution < -0.4 is 29.7 Å². The van der Waals surface area contributed by atoms with E-state index in [1.54, 1.807) is 62.4 Å². The average Bonchev–Trinajstić information content (AvgIpc) is 3.31. The molecule has 0 aliphatic carbocycles. The Morgan fingerprint density at radius 3 is 2.55 bits per heavy atom. The van der Waals surface area contributed by atoms with Crippen LogP contribution in [0.1, 0.15) is 36.6 Å². The number of rotatable bonds is 9. The molecule has 0 saturated heterocycles. The van der Waals surface area contributed by atoms with Gasteiger partial charge in [-0.3, -0.25) is 14.2 Å². The standard InChI is InChI=1S/C33H30ClN3O6S/c1-5-42-32(40)29-20(3)35-33-37(30(29)22-11-7-8-12-23(22)34)31(39)27(44-33)17-21-14-15-25(26(16-21)41-4)43-18-28(38)36-24-13-9-6-10-19(24)2/h6-17,30H,5,18H2,1-4H3,(H,36,38)/b27-17+/t30-/m1/s1. The molecule has 226 valence electrons. The van der Waals surface area contributed by atoms with E-state index in [1.165, 1.54) is 23.0 Å². The van der Waals surface area contributed by atoms with Crippen LogP contribution in [0, 0.1) is 6.92 Å². The quantitative estimate of drug-likeness (QED) is 0.266. The van der Waals surface area contributed by atoms with Gasteiger partial charge in [0.25, 0.3) is 11.5 Å². The summed E-state index contributed by atoms with van der Waals surface area (Å²) in [6.45, 7) is 5.31. The molecular weight excluding hydrogens is 602 g/mol. The first-order chi connectivity index (χ1) is 21.2. The number of amides is 1. The zero-order valence-electron chi connectivity index (χ0n) is 24.5. The minimum atomic E-state index is -0.808. The molecule has 5 rings (SSSR count). The number of halogens is 1. The molecule has 1 aromatic heterocycles. The van der Waals surface area contributed by atoms with Crippen LogP contribution in [0.4, 0.5) is 5.69 Å². The number of thiazole rings is 1. The number of para-hydroxylation sites is 1. The summed E-state index contributed by atoms with van der Waals surface area (Å²) in [5.74, 6) is -0.0953. The van der Waals surface area contributed by atoms with Crippen LogP contribution in [0.2, 0.25) is 5.02 Å². The third-order valence-electron chi connectivity index (χ3n) is 6.98. The number of fused-ring (bicyclic) bond motifs is 1. The number of aromatic nitrogens is 1. The number of carbonyl (C=O) groups excluding carboxylic acids is 2. The molecular formula is C33H30ClN3O6S. The highest BCUT2D eigenvalue weighted by molar-refractivity contribution is 7.07. The van der Waals surface area contributed by atoms with Gasteiger partial charge in [0.15, 0.2) is 22.9 Å². The Morgan fingerprint density at radius 2 is 1.82 bits per heavy atom. The SMILES string of the molecule is CCOC(=O)C1=C(C)N=c2s/c(=C/c3ccc(OCC(=O)Nc4ccccc4C)c(OC)c3)c(=O)n2[C@@H]1c1ccccc1Cl. The first-order valence-corrected chi connectivity index (χ1v) is 15.0. The second-order valence-electron chi connectivity index (χ2n) is 9.89. The molecule has 0 bridgehead atoms. The van der Waals surface area contributed by atoms with Crippen molar-refractivity contribution in [1.29, 1.82) is 0 Å². The number of hydrogen-bond donors (Lipinski definition) is 1. The summed E-state index contributed by atoms with van der Waals surface area (Å²) in [6, 6.07) is 18.9. The molecule has 1 N–H and O–H groups in total. The van der Waals surface area contributed by atoms with Crippen molar-refractivity contribution in [2.24, 2.45) is 4.99 Å². The van der Waals surface area contributed by atoms with Crippen LogP contribution in [0.15, 0.2) is 87.8 Å². The predicted molar refractivity (Wildman–Crippen MR) is 170 cm³/mol. The summed E-state index contributed by atoms with van der Waals surface area (Å²) in [5, 5.41) is 3.25. The van der Waals surface area contributed by atoms with Gasteiger partial charge in [0.05, 0.1) is 29.5 Å². The first kappa shape index (κ1) is 30.8. The summed E-state index contributed by atoms with van der Waals surface area (Å²) < 4.78 is 18.5. The van der Waals surface area contributed by atoms with Crippen LogP contribution in [0.3, 0.4) is 0 Å². The highest BCUT2D eigenvalue weighted by Gasteiger charge is 2.34. The summed E-state index contributed by atoms with van der Waals surface area (Å²) in [7, 11) is 1.50. The molecule has 1 atom stereocenters. The van der Waals surface area contributed by atoms with Crippen LogP contribution in [0.25, 0.3) is 6.08 Å². The fraction of sp³-hybridized carbons (Fsp3) is 0.212. The van der Waals surface area contributed by atoms with Gasteiger partial charge < -0.3 is 19.5 Å². The Kier molecular flexibility index (Phi) is 9.32. The average molecular weight is 632 g/mol. The van der Waals surface area contributed by atoms with Crippen molar-refractivity contribution in [2.75, 3.05) is 25.6 Å². The lowest BCUT2D eigenvalue weighted by molar-refractivity contribution is -0.139. The van der Waals surface area contributed by atoms with Crippen LogP contribution in [-0.2, 0) is 14.3 Å². The highest BCUT2D eigenvalue weighted by atomic mass is 35.5. The van der Waals surface area contributed by atoms with Crippen molar-refractivity contribution in [1.82, 2.24) is 4.57 Å². The van der Waals surface area contributed by atoms with Crippen molar-refractivity contribution < 1.29 is 23.8 Å². The van der Waals surface area contributed by atoms with Gasteiger partial charge in [-0.15, -0.1) is 0 Å². The smallest absolute Gasteiger partial charge is 0.338 e. The Morgan fingerprint density at radius 1 is 1.07 bits per heavy atom. The van der Waals surface area contributed by atoms with E-state index in [4.69, 9.17) is 25.8 Å². The molecule has 1 aliphatic rings. The number of benzene rings is 3. The minimum absolute atomic E-state index is 0.175. The molecule has 3 aromatic carbocycles. The Hall–Kier alpha value is -4.67. The van der Waals surface area contributed by atoms with Gasteiger partial charge in [-0.25, -0.2) is 9.79 Å². The summed E-state index contributed by atoms with van der Waals surface area (Å²) in [4.78, 5) is 44.5. The molecule has 0 spiro atoms. The Labute approximate surface area is 262 Å². The van der Waals surface area contributed by atoms with Gasteiger partial charge in [0.1, 0.15) is 6.04 Å². The molecule has 1 aliphatic heterocycles. The molecule has 4 aromatic rings. The molecule has 0 saturated carbocycles. The van der Waals surface area contributed by atoms with E-state index >= 15 is 0 Å². The molecule has 0 unspecified atom stereocenters. The highest BCUT2D eigenvalue weighted by Crippen LogP contribution is 2.34. The maximum atomic E-state index is 13.9. The molecule has 2 heterocycles. The molecule has 0 fully saturated rings. The van der Waals surface area contributed by atoms with E-state index in [2.05, 4.69) is 10.3 Å². The van der Waals surface area contributed by atoms with Gasteiger partial charge in [-0.05, 0) is 67.8 Å². The van der Waals surface area contributed by atoms with Crippen molar-refractivity contribution in [3.8, 4) is 11.5 Å². The van der Waals surface area contributed by atoms with E-state index in [1.807, 2.05) is 31.2 Å². The van der Waals surface area contributed by atoms with E-state index in [9.17, 15) is 14.4 Å². The van der Waals surface area contributed by atoms with Gasteiger partial charge in [-0.2, -0.15) is 0 Å². The number of hydrogen-bond acceptors (Lipinski definition) is 8. The number of carbonyl (C=O) groups is 2. The normalized spacial score (nSPS) is 14.5. The number of aryl methyl sites for hydroxylation is 1. The number of esters is 1. The van der Waals surface area contributed by atoms with E-state index in [0.717, 1.165) is 5.56 Å². The summed E-state index contributed by atoms with van der Waals surface area (Å²) in [5.41, 5.74) is 3.29. The second kappa shape index (κ2) is 13.3. The first-order valence-electron chi connectivity index (χ1n) is 13.8. The number of allylic oxidation sites excluding steroid dienone is 1. The topological polar surface area (TPSA) is 108 Å². The zero-order chi connectivity index (χ0) is 31.4. The number of methoxy groups -OCH3 is 1. The van der Waals surface area contributed by atoms with Gasteiger partial charge in [0.2, 0.25) is 0 Å². The van der Waals surface area contributed by atoms with E-state index < -0.39 is 12.0 Å². The number of anilines is 1. The number of nitrogens with zero attached hydrogens (tertiary/aromatic N) is 2. The Balaban J connectivity index is 1.47. The van der Waals surface area contributed by atoms with Crippen molar-refractivity contribution in [3.63, 3.8) is 0 Å². The third-order valence-corrected chi connectivity index (χ3v) is 8.31. The van der Waals surface area contributed by atoms with Gasteiger partial charge >= 0.3 is 5.97 Å². The molecule has 9 nitrogen and oxygen atoms in total. The monoisotopic (exact) mass is 631 g/mol. The van der Waals surface area contributed by atoms with Gasteiger partial charge in [0, 0.05) is 10.7 Å². The lowest BCUT2D eigenvalue weighted by Gasteiger charge is -2.25. The van der Waals surface area contributed by atoms with Crippen molar-refractivity contribution in [2.45, 2.75) is 26.8 Å². The minimum Gasteiger partial charge on any atom is -0.493 e. The largest absolute Gasteiger partial charge is 0.493 e. The predicted octanol–water partition coefficient (Wildman–Crippen LogP) is 4.79. The van der Waals surface area contributed by atoms with Gasteiger partial charge in [-0.1, -0.05) is 65.4 Å². The van der Waals surface area contributed by atoms with Crippen LogP contribution in [-0.4, -0.2) is 36.8 Å². The number of nitrogens with one attached hydrogen (secondary N) is 1.